The summed E-state index contributed by atoms with van der Waals surface area (Å²) in [6.45, 7) is 8.45. The van der Waals surface area contributed by atoms with Gasteiger partial charge in [-0.2, -0.15) is 0 Å². The number of ether oxygens (including phenoxy) is 1. The maximum atomic E-state index is 11.3. The molecular weight excluding hydrogens is 224 g/mol. The molecule has 3 atom stereocenters. The molecule has 0 aromatic rings. The number of methoxy groups -OCH3 is 1. The van der Waals surface area contributed by atoms with E-state index in [0.29, 0.717) is 5.41 Å². The summed E-state index contributed by atoms with van der Waals surface area (Å²) in [7, 11) is 1.43. The molecule has 0 amide bonds. The Bertz CT molecular complexity index is 392. The molecular formula is C16H24O2. The van der Waals surface area contributed by atoms with Gasteiger partial charge in [0.1, 0.15) is 0 Å². The van der Waals surface area contributed by atoms with Gasteiger partial charge in [0.05, 0.1) is 7.11 Å². The predicted molar refractivity (Wildman–Crippen MR) is 73.1 cm³/mol. The molecule has 0 spiro atoms. The first-order valence-electron chi connectivity index (χ1n) is 6.91. The molecule has 0 aromatic carbocycles. The molecule has 18 heavy (non-hydrogen) atoms. The van der Waals surface area contributed by atoms with E-state index in [1.165, 1.54) is 31.9 Å². The zero-order chi connectivity index (χ0) is 13.3. The van der Waals surface area contributed by atoms with Gasteiger partial charge < -0.3 is 4.74 Å². The Morgan fingerprint density at radius 3 is 2.89 bits per heavy atom. The number of allylic oxidation sites excluding steroid dienone is 2. The van der Waals surface area contributed by atoms with Crippen LogP contribution >= 0.6 is 0 Å². The Hall–Kier alpha value is -1.05. The van der Waals surface area contributed by atoms with Gasteiger partial charge in [-0.15, -0.1) is 0 Å². The Morgan fingerprint density at radius 1 is 1.61 bits per heavy atom. The van der Waals surface area contributed by atoms with Crippen LogP contribution in [0.15, 0.2) is 23.8 Å². The van der Waals surface area contributed by atoms with Crippen LogP contribution in [-0.4, -0.2) is 13.1 Å². The summed E-state index contributed by atoms with van der Waals surface area (Å²) >= 11 is 0. The van der Waals surface area contributed by atoms with Gasteiger partial charge in [0.2, 0.25) is 0 Å². The molecule has 0 saturated heterocycles. The first kappa shape index (κ1) is 13.4. The van der Waals surface area contributed by atoms with E-state index < -0.39 is 0 Å². The molecule has 0 aliphatic heterocycles. The average Bonchev–Trinajstić information content (AvgIpc) is 2.36. The molecule has 0 aromatic heterocycles. The van der Waals surface area contributed by atoms with Gasteiger partial charge in [-0.3, -0.25) is 0 Å². The quantitative estimate of drug-likeness (QED) is 0.429. The first-order chi connectivity index (χ1) is 8.49. The third kappa shape index (κ3) is 2.13. The lowest BCUT2D eigenvalue weighted by molar-refractivity contribution is -0.136. The highest BCUT2D eigenvalue weighted by molar-refractivity contribution is 5.87. The van der Waals surface area contributed by atoms with Crippen molar-refractivity contribution in [2.24, 2.45) is 17.3 Å². The molecule has 3 fully saturated rings. The minimum atomic E-state index is -0.210. The van der Waals surface area contributed by atoms with Crippen molar-refractivity contribution in [1.29, 1.82) is 0 Å². The maximum absolute atomic E-state index is 11.3. The van der Waals surface area contributed by atoms with Crippen LogP contribution in [0.5, 0.6) is 0 Å². The van der Waals surface area contributed by atoms with Crippen LogP contribution in [0.3, 0.4) is 0 Å². The van der Waals surface area contributed by atoms with Crippen molar-refractivity contribution < 1.29 is 9.53 Å². The molecule has 0 N–H and O–H groups in total. The highest BCUT2D eigenvalue weighted by atomic mass is 16.5. The Labute approximate surface area is 110 Å². The summed E-state index contributed by atoms with van der Waals surface area (Å²) < 4.78 is 4.71. The number of hydrogen-bond donors (Lipinski definition) is 0. The van der Waals surface area contributed by atoms with Gasteiger partial charge in [0.25, 0.3) is 0 Å². The topological polar surface area (TPSA) is 26.3 Å². The summed E-state index contributed by atoms with van der Waals surface area (Å²) in [6.07, 6.45) is 8.03. The molecule has 2 heteroatoms. The van der Waals surface area contributed by atoms with Crippen molar-refractivity contribution in [3.8, 4) is 0 Å². The second-order valence-electron chi connectivity index (χ2n) is 6.11. The van der Waals surface area contributed by atoms with Crippen LogP contribution < -0.4 is 0 Å². The van der Waals surface area contributed by atoms with Crippen LogP contribution in [0.4, 0.5) is 0 Å². The third-order valence-corrected chi connectivity index (χ3v) is 5.20. The van der Waals surface area contributed by atoms with Crippen LogP contribution in [-0.2, 0) is 9.53 Å². The normalized spacial score (nSPS) is 35.1. The van der Waals surface area contributed by atoms with Crippen molar-refractivity contribution >= 4 is 5.97 Å². The van der Waals surface area contributed by atoms with Crippen molar-refractivity contribution in [2.75, 3.05) is 7.11 Å². The zero-order valence-corrected chi connectivity index (χ0v) is 11.8. The standard InChI is InChI=1S/C16H24O2/c1-11-7-8-13-10-14(11)16(13,3)9-5-6-12(2)15(17)18-4/h6,13-14H,1,5,7-10H2,2-4H3/b12-6+/t13-,14-,16-/m0/s1. The summed E-state index contributed by atoms with van der Waals surface area (Å²) in [4.78, 5) is 11.3. The van der Waals surface area contributed by atoms with Crippen LogP contribution in [0.1, 0.15) is 46.0 Å². The summed E-state index contributed by atoms with van der Waals surface area (Å²) in [5.41, 5.74) is 2.61. The van der Waals surface area contributed by atoms with Gasteiger partial charge in [-0.25, -0.2) is 4.79 Å². The lowest BCUT2D eigenvalue weighted by atomic mass is 9.45. The Morgan fingerprint density at radius 2 is 2.33 bits per heavy atom. The fourth-order valence-electron chi connectivity index (χ4n) is 3.78. The molecule has 0 radical (unpaired) electrons. The van der Waals surface area contributed by atoms with E-state index in [-0.39, 0.29) is 5.97 Å². The minimum absolute atomic E-state index is 0.210. The van der Waals surface area contributed by atoms with Gasteiger partial charge in [-0.1, -0.05) is 25.2 Å². The lowest BCUT2D eigenvalue weighted by Crippen LogP contribution is -2.50. The largest absolute Gasteiger partial charge is 0.466 e. The fraction of sp³-hybridized carbons (Fsp3) is 0.688. The molecule has 2 bridgehead atoms. The molecule has 3 saturated carbocycles. The monoisotopic (exact) mass is 248 g/mol. The van der Waals surface area contributed by atoms with Crippen molar-refractivity contribution in [1.82, 2.24) is 0 Å². The van der Waals surface area contributed by atoms with Crippen LogP contribution in [0, 0.1) is 17.3 Å². The number of hydrogen-bond acceptors (Lipinski definition) is 2. The van der Waals surface area contributed by atoms with Gasteiger partial charge in [0, 0.05) is 5.57 Å². The van der Waals surface area contributed by atoms with Gasteiger partial charge in [-0.05, 0) is 56.3 Å². The van der Waals surface area contributed by atoms with Gasteiger partial charge >= 0.3 is 5.97 Å². The van der Waals surface area contributed by atoms with Gasteiger partial charge in [0.15, 0.2) is 0 Å². The summed E-state index contributed by atoms with van der Waals surface area (Å²) in [5, 5.41) is 0. The first-order valence-corrected chi connectivity index (χ1v) is 6.91. The van der Waals surface area contributed by atoms with Crippen LogP contribution in [0.2, 0.25) is 0 Å². The van der Waals surface area contributed by atoms with E-state index in [1.54, 1.807) is 0 Å². The minimum Gasteiger partial charge on any atom is -0.466 e. The van der Waals surface area contributed by atoms with Crippen molar-refractivity contribution in [3.63, 3.8) is 0 Å². The number of rotatable bonds is 4. The van der Waals surface area contributed by atoms with E-state index in [9.17, 15) is 4.79 Å². The molecule has 3 rings (SSSR count). The van der Waals surface area contributed by atoms with E-state index in [2.05, 4.69) is 13.5 Å². The van der Waals surface area contributed by atoms with Crippen LogP contribution in [0.25, 0.3) is 0 Å². The summed E-state index contributed by atoms with van der Waals surface area (Å²) in [5.74, 6) is 1.39. The second kappa shape index (κ2) is 4.91. The van der Waals surface area contributed by atoms with E-state index in [4.69, 9.17) is 4.74 Å². The number of esters is 1. The van der Waals surface area contributed by atoms with E-state index in [1.807, 2.05) is 13.0 Å². The van der Waals surface area contributed by atoms with E-state index >= 15 is 0 Å². The van der Waals surface area contributed by atoms with Crippen molar-refractivity contribution in [3.05, 3.63) is 23.8 Å². The number of fused-ring (bicyclic) bond motifs is 2. The van der Waals surface area contributed by atoms with Crippen molar-refractivity contribution in [2.45, 2.75) is 46.0 Å². The Kier molecular flexibility index (Phi) is 3.65. The number of carbonyl (C=O) groups excluding carboxylic acids is 1. The van der Waals surface area contributed by atoms with E-state index in [0.717, 1.165) is 30.3 Å². The summed E-state index contributed by atoms with van der Waals surface area (Å²) in [6, 6.07) is 0. The smallest absolute Gasteiger partial charge is 0.333 e. The molecule has 0 unspecified atom stereocenters. The average molecular weight is 248 g/mol. The molecule has 3 aliphatic rings. The highest BCUT2D eigenvalue weighted by Crippen LogP contribution is 2.63. The third-order valence-electron chi connectivity index (χ3n) is 5.20. The number of carbonyl (C=O) groups is 1. The molecule has 2 nitrogen and oxygen atoms in total. The highest BCUT2D eigenvalue weighted by Gasteiger charge is 2.53. The Balaban J connectivity index is 1.91. The fourth-order valence-corrected chi connectivity index (χ4v) is 3.78. The second-order valence-corrected chi connectivity index (χ2v) is 6.11. The molecule has 100 valence electrons. The predicted octanol–water partition coefficient (Wildman–Crippen LogP) is 3.88. The maximum Gasteiger partial charge on any atom is 0.333 e. The SMILES string of the molecule is C=C1CC[C@H]2C[C@@H]1[C@@]2(C)CC/C=C(\C)C(=O)OC. The zero-order valence-electron chi connectivity index (χ0n) is 11.8. The lowest BCUT2D eigenvalue weighted by Gasteiger charge is -2.59. The molecule has 0 heterocycles. The molecule has 3 aliphatic carbocycles.